The highest BCUT2D eigenvalue weighted by atomic mass is 19.4. The second-order valence-corrected chi connectivity index (χ2v) is 2.99. The van der Waals surface area contributed by atoms with Crippen LogP contribution in [0.5, 0.6) is 5.75 Å². The van der Waals surface area contributed by atoms with Crippen LogP contribution in [0.2, 0.25) is 0 Å². The van der Waals surface area contributed by atoms with E-state index < -0.39 is 24.8 Å². The van der Waals surface area contributed by atoms with Gasteiger partial charge < -0.3 is 10.5 Å². The van der Waals surface area contributed by atoms with Crippen LogP contribution in [0.4, 0.5) is 27.6 Å². The van der Waals surface area contributed by atoms with E-state index in [9.17, 15) is 22.0 Å². The maximum Gasteiger partial charge on any atom is 0.416 e. The van der Waals surface area contributed by atoms with Gasteiger partial charge in [-0.05, 0) is 12.1 Å². The molecule has 7 heteroatoms. The van der Waals surface area contributed by atoms with Gasteiger partial charge >= 0.3 is 6.18 Å². The lowest BCUT2D eigenvalue weighted by Crippen LogP contribution is -2.10. The van der Waals surface area contributed by atoms with Crippen LogP contribution in [0.15, 0.2) is 18.2 Å². The summed E-state index contributed by atoms with van der Waals surface area (Å²) in [7, 11) is 0. The third-order valence-corrected chi connectivity index (χ3v) is 1.63. The number of hydrogen-bond acceptors (Lipinski definition) is 2. The lowest BCUT2D eigenvalue weighted by Gasteiger charge is -2.11. The fourth-order valence-electron chi connectivity index (χ4n) is 1.03. The molecule has 90 valence electrons. The molecule has 0 unspecified atom stereocenters. The lowest BCUT2D eigenvalue weighted by atomic mass is 10.2. The van der Waals surface area contributed by atoms with Gasteiger partial charge in [0.2, 0.25) is 0 Å². The van der Waals surface area contributed by atoms with Crippen LogP contribution in [-0.4, -0.2) is 13.0 Å². The van der Waals surface area contributed by atoms with Gasteiger partial charge in [0.25, 0.3) is 6.43 Å². The highest BCUT2D eigenvalue weighted by Crippen LogP contribution is 2.33. The van der Waals surface area contributed by atoms with Gasteiger partial charge in [0.05, 0.1) is 5.56 Å². The number of nitrogen functional groups attached to an aromatic ring is 1. The van der Waals surface area contributed by atoms with Crippen molar-refractivity contribution in [2.24, 2.45) is 0 Å². The van der Waals surface area contributed by atoms with Gasteiger partial charge in [-0.1, -0.05) is 0 Å². The van der Waals surface area contributed by atoms with Crippen molar-refractivity contribution >= 4 is 5.69 Å². The smallest absolute Gasteiger partial charge is 0.416 e. The topological polar surface area (TPSA) is 35.2 Å². The largest absolute Gasteiger partial charge is 0.488 e. The molecule has 2 N–H and O–H groups in total. The molecule has 0 saturated carbocycles. The summed E-state index contributed by atoms with van der Waals surface area (Å²) in [5.74, 6) is -0.326. The van der Waals surface area contributed by atoms with E-state index >= 15 is 0 Å². The minimum absolute atomic E-state index is 0.195. The second-order valence-electron chi connectivity index (χ2n) is 2.99. The quantitative estimate of drug-likeness (QED) is 0.652. The first-order chi connectivity index (χ1) is 7.29. The van der Waals surface area contributed by atoms with Crippen molar-refractivity contribution < 1.29 is 26.7 Å². The zero-order chi connectivity index (χ0) is 12.3. The maximum absolute atomic E-state index is 12.3. The normalized spacial score (nSPS) is 11.9. The highest BCUT2D eigenvalue weighted by Gasteiger charge is 2.31. The third-order valence-electron chi connectivity index (χ3n) is 1.63. The number of benzene rings is 1. The number of hydrogen-bond donors (Lipinski definition) is 1. The van der Waals surface area contributed by atoms with Crippen LogP contribution in [-0.2, 0) is 6.18 Å². The van der Waals surface area contributed by atoms with Crippen LogP contribution < -0.4 is 10.5 Å². The number of anilines is 1. The maximum atomic E-state index is 12.3. The third kappa shape index (κ3) is 3.56. The molecule has 1 aromatic rings. The summed E-state index contributed by atoms with van der Waals surface area (Å²) in [5, 5.41) is 0. The molecule has 0 aliphatic carbocycles. The molecule has 1 rings (SSSR count). The van der Waals surface area contributed by atoms with Gasteiger partial charge in [-0.15, -0.1) is 0 Å². The highest BCUT2D eigenvalue weighted by molar-refractivity contribution is 5.48. The Labute approximate surface area is 87.8 Å². The zero-order valence-electron chi connectivity index (χ0n) is 7.89. The molecule has 0 saturated heterocycles. The van der Waals surface area contributed by atoms with E-state index in [0.29, 0.717) is 12.1 Å². The van der Waals surface area contributed by atoms with Crippen LogP contribution in [0.3, 0.4) is 0 Å². The molecule has 0 aliphatic heterocycles. The predicted molar refractivity (Wildman–Crippen MR) is 47.4 cm³/mol. The van der Waals surface area contributed by atoms with E-state index in [-0.39, 0.29) is 11.4 Å². The van der Waals surface area contributed by atoms with Gasteiger partial charge in [0, 0.05) is 11.8 Å². The molecule has 0 aliphatic rings. The zero-order valence-corrected chi connectivity index (χ0v) is 7.89. The predicted octanol–water partition coefficient (Wildman–Crippen LogP) is 2.93. The van der Waals surface area contributed by atoms with E-state index in [0.717, 1.165) is 6.07 Å². The molecule has 0 fully saturated rings. The van der Waals surface area contributed by atoms with Gasteiger partial charge in [0.15, 0.2) is 0 Å². The van der Waals surface area contributed by atoms with Gasteiger partial charge in [-0.3, -0.25) is 0 Å². The molecule has 0 spiro atoms. The van der Waals surface area contributed by atoms with Crippen molar-refractivity contribution in [3.8, 4) is 5.75 Å². The van der Waals surface area contributed by atoms with E-state index in [2.05, 4.69) is 4.74 Å². The number of halogens is 5. The molecule has 0 amide bonds. The summed E-state index contributed by atoms with van der Waals surface area (Å²) in [6.45, 7) is -0.971. The Morgan fingerprint density at radius 1 is 1.19 bits per heavy atom. The molecular weight excluding hydrogens is 233 g/mol. The second kappa shape index (κ2) is 4.54. The average Bonchev–Trinajstić information content (AvgIpc) is 2.12. The van der Waals surface area contributed by atoms with Crippen molar-refractivity contribution in [2.45, 2.75) is 12.6 Å². The lowest BCUT2D eigenvalue weighted by molar-refractivity contribution is -0.137. The van der Waals surface area contributed by atoms with Crippen LogP contribution in [0.25, 0.3) is 0 Å². The SMILES string of the molecule is Nc1cc(OCC(F)F)cc(C(F)(F)F)c1. The standard InChI is InChI=1S/C9H8F5NO/c10-8(11)4-16-7-2-5(9(12,13)14)1-6(15)3-7/h1-3,8H,4,15H2. The molecule has 0 radical (unpaired) electrons. The monoisotopic (exact) mass is 241 g/mol. The molecule has 16 heavy (non-hydrogen) atoms. The summed E-state index contributed by atoms with van der Waals surface area (Å²) >= 11 is 0. The summed E-state index contributed by atoms with van der Waals surface area (Å²) in [5.41, 5.74) is 3.97. The van der Waals surface area contributed by atoms with E-state index in [1.54, 1.807) is 0 Å². The Hall–Kier alpha value is -1.53. The molecule has 1 aromatic carbocycles. The first-order valence-electron chi connectivity index (χ1n) is 4.18. The Balaban J connectivity index is 2.90. The number of alkyl halides is 5. The Morgan fingerprint density at radius 2 is 1.81 bits per heavy atom. The molecule has 0 heterocycles. The van der Waals surface area contributed by atoms with Gasteiger partial charge in [-0.25, -0.2) is 8.78 Å². The van der Waals surface area contributed by atoms with Crippen molar-refractivity contribution in [1.29, 1.82) is 0 Å². The fraction of sp³-hybridized carbons (Fsp3) is 0.333. The summed E-state index contributed by atoms with van der Waals surface area (Å²) < 4.78 is 64.9. The minimum Gasteiger partial charge on any atom is -0.488 e. The number of rotatable bonds is 3. The van der Waals surface area contributed by atoms with E-state index in [1.807, 2.05) is 0 Å². The van der Waals surface area contributed by atoms with Crippen molar-refractivity contribution in [2.75, 3.05) is 12.3 Å². The minimum atomic E-state index is -4.58. The molecule has 0 bridgehead atoms. The molecule has 0 atom stereocenters. The van der Waals surface area contributed by atoms with Gasteiger partial charge in [0.1, 0.15) is 12.4 Å². The Bertz CT molecular complexity index is 363. The van der Waals surface area contributed by atoms with E-state index in [4.69, 9.17) is 5.73 Å². The van der Waals surface area contributed by atoms with Crippen LogP contribution >= 0.6 is 0 Å². The Kier molecular flexibility index (Phi) is 3.56. The van der Waals surface area contributed by atoms with Crippen molar-refractivity contribution in [3.63, 3.8) is 0 Å². The van der Waals surface area contributed by atoms with E-state index in [1.165, 1.54) is 0 Å². The summed E-state index contributed by atoms with van der Waals surface area (Å²) in [6, 6.07) is 2.38. The van der Waals surface area contributed by atoms with Crippen LogP contribution in [0.1, 0.15) is 5.56 Å². The first kappa shape index (κ1) is 12.5. The average molecular weight is 241 g/mol. The molecule has 2 nitrogen and oxygen atoms in total. The summed E-state index contributed by atoms with van der Waals surface area (Å²) in [4.78, 5) is 0. The van der Waals surface area contributed by atoms with Gasteiger partial charge in [-0.2, -0.15) is 13.2 Å². The first-order valence-corrected chi connectivity index (χ1v) is 4.18. The fourth-order valence-corrected chi connectivity index (χ4v) is 1.03. The summed E-state index contributed by atoms with van der Waals surface area (Å²) in [6.07, 6.45) is -7.34. The number of ether oxygens (including phenoxy) is 1. The molecular formula is C9H8F5NO. The Morgan fingerprint density at radius 3 is 2.31 bits per heavy atom. The van der Waals surface area contributed by atoms with Crippen LogP contribution in [0, 0.1) is 0 Å². The molecule has 0 aromatic heterocycles. The van der Waals surface area contributed by atoms with Crippen molar-refractivity contribution in [3.05, 3.63) is 23.8 Å². The number of nitrogens with two attached hydrogens (primary N) is 1. The van der Waals surface area contributed by atoms with Crippen molar-refractivity contribution in [1.82, 2.24) is 0 Å².